The molecule has 0 aliphatic carbocycles. The smallest absolute Gasteiger partial charge is 0.0327 e. The minimum atomic E-state index is 0.344. The quantitative estimate of drug-likeness (QED) is 0.929. The third-order valence-electron chi connectivity index (χ3n) is 2.47. The van der Waals surface area contributed by atoms with Gasteiger partial charge in [0.05, 0.1) is 0 Å². The lowest BCUT2D eigenvalue weighted by atomic mass is 10.1. The van der Waals surface area contributed by atoms with E-state index in [9.17, 15) is 0 Å². The van der Waals surface area contributed by atoms with Crippen molar-refractivity contribution in [2.45, 2.75) is 19.5 Å². The summed E-state index contributed by atoms with van der Waals surface area (Å²) < 4.78 is 1.19. The van der Waals surface area contributed by atoms with Crippen LogP contribution in [0.3, 0.4) is 0 Å². The maximum Gasteiger partial charge on any atom is 0.0327 e. The molecule has 0 fully saturated rings. The summed E-state index contributed by atoms with van der Waals surface area (Å²) in [7, 11) is 0. The highest BCUT2D eigenvalue weighted by molar-refractivity contribution is 9.10. The molecule has 1 N–H and O–H groups in total. The maximum absolute atomic E-state index is 4.02. The van der Waals surface area contributed by atoms with Gasteiger partial charge in [0.15, 0.2) is 0 Å². The van der Waals surface area contributed by atoms with Gasteiger partial charge < -0.3 is 5.32 Å². The topological polar surface area (TPSA) is 24.9 Å². The van der Waals surface area contributed by atoms with Gasteiger partial charge in [0.25, 0.3) is 0 Å². The van der Waals surface area contributed by atoms with Crippen LogP contribution in [0.5, 0.6) is 0 Å². The van der Waals surface area contributed by atoms with Crippen molar-refractivity contribution < 1.29 is 0 Å². The van der Waals surface area contributed by atoms with Gasteiger partial charge in [-0.1, -0.05) is 0 Å². The van der Waals surface area contributed by atoms with Gasteiger partial charge in [-0.2, -0.15) is 0 Å². The molecule has 2 aromatic rings. The summed E-state index contributed by atoms with van der Waals surface area (Å²) in [6, 6.07) is 6.51. The zero-order valence-corrected chi connectivity index (χ0v) is 11.4. The Morgan fingerprint density at radius 2 is 2.12 bits per heavy atom. The zero-order valence-electron chi connectivity index (χ0n) is 8.98. The number of thiophene rings is 1. The third-order valence-corrected chi connectivity index (χ3v) is 4.39. The molecule has 2 nitrogen and oxygen atoms in total. The fourth-order valence-corrected chi connectivity index (χ4v) is 2.91. The Hall–Kier alpha value is -0.710. The van der Waals surface area contributed by atoms with Crippen molar-refractivity contribution >= 4 is 27.3 Å². The standard InChI is InChI=1S/C12H13BrN2S/c1-9(10-2-5-14-6-3-10)15-8-12-11(13)4-7-16-12/h2-7,9,15H,8H2,1H3/t9-/m1/s1. The number of rotatable bonds is 4. The summed E-state index contributed by atoms with van der Waals surface area (Å²) in [6.45, 7) is 3.05. The van der Waals surface area contributed by atoms with E-state index in [2.05, 4.69) is 44.6 Å². The normalized spacial score (nSPS) is 12.6. The second-order valence-electron chi connectivity index (χ2n) is 3.57. The van der Waals surface area contributed by atoms with Crippen LogP contribution in [0, 0.1) is 0 Å². The first-order valence-electron chi connectivity index (χ1n) is 5.12. The molecule has 0 aromatic carbocycles. The van der Waals surface area contributed by atoms with Crippen LogP contribution in [0.25, 0.3) is 0 Å². The van der Waals surface area contributed by atoms with Crippen molar-refractivity contribution in [1.82, 2.24) is 10.3 Å². The Bertz CT molecular complexity index is 441. The first kappa shape index (κ1) is 11.8. The molecule has 0 saturated carbocycles. The molecule has 0 aliphatic rings. The Morgan fingerprint density at radius 1 is 1.38 bits per heavy atom. The lowest BCUT2D eigenvalue weighted by Gasteiger charge is -2.13. The lowest BCUT2D eigenvalue weighted by molar-refractivity contribution is 0.577. The Kier molecular flexibility index (Phi) is 4.09. The van der Waals surface area contributed by atoms with Gasteiger partial charge in [0.2, 0.25) is 0 Å². The monoisotopic (exact) mass is 296 g/mol. The molecule has 2 aromatic heterocycles. The molecule has 84 valence electrons. The van der Waals surface area contributed by atoms with Crippen LogP contribution >= 0.6 is 27.3 Å². The fraction of sp³-hybridized carbons (Fsp3) is 0.250. The molecule has 0 aliphatic heterocycles. The van der Waals surface area contributed by atoms with Gasteiger partial charge >= 0.3 is 0 Å². The molecule has 2 heterocycles. The molecular weight excluding hydrogens is 284 g/mol. The van der Waals surface area contributed by atoms with Crippen molar-refractivity contribution in [1.29, 1.82) is 0 Å². The van der Waals surface area contributed by atoms with E-state index in [4.69, 9.17) is 0 Å². The van der Waals surface area contributed by atoms with Gasteiger partial charge in [0, 0.05) is 34.3 Å². The van der Waals surface area contributed by atoms with Gasteiger partial charge in [-0.15, -0.1) is 11.3 Å². The third kappa shape index (κ3) is 2.90. The Morgan fingerprint density at radius 3 is 2.75 bits per heavy atom. The molecule has 0 bridgehead atoms. The molecule has 0 saturated heterocycles. The number of aromatic nitrogens is 1. The average molecular weight is 297 g/mol. The van der Waals surface area contributed by atoms with E-state index < -0.39 is 0 Å². The largest absolute Gasteiger partial charge is 0.305 e. The Labute approximate surface area is 108 Å². The molecule has 16 heavy (non-hydrogen) atoms. The number of nitrogens with one attached hydrogen (secondary N) is 1. The highest BCUT2D eigenvalue weighted by Crippen LogP contribution is 2.23. The van der Waals surface area contributed by atoms with E-state index in [1.807, 2.05) is 24.5 Å². The zero-order chi connectivity index (χ0) is 11.4. The van der Waals surface area contributed by atoms with Gasteiger partial charge in [-0.3, -0.25) is 4.98 Å². The minimum absolute atomic E-state index is 0.344. The Balaban J connectivity index is 1.94. The van der Waals surface area contributed by atoms with Crippen LogP contribution in [-0.2, 0) is 6.54 Å². The molecule has 2 rings (SSSR count). The molecule has 0 radical (unpaired) electrons. The van der Waals surface area contributed by atoms with E-state index in [1.54, 1.807) is 11.3 Å². The van der Waals surface area contributed by atoms with Crippen molar-refractivity contribution in [2.24, 2.45) is 0 Å². The van der Waals surface area contributed by atoms with Gasteiger partial charge in [0.1, 0.15) is 0 Å². The van der Waals surface area contributed by atoms with Crippen molar-refractivity contribution in [3.05, 3.63) is 50.9 Å². The highest BCUT2D eigenvalue weighted by atomic mass is 79.9. The predicted octanol–water partition coefficient (Wildman–Crippen LogP) is 3.76. The molecule has 0 amide bonds. The number of hydrogen-bond donors (Lipinski definition) is 1. The summed E-state index contributed by atoms with van der Waals surface area (Å²) in [6.07, 6.45) is 3.66. The molecule has 4 heteroatoms. The van der Waals surface area contributed by atoms with Crippen LogP contribution in [0.1, 0.15) is 23.4 Å². The van der Waals surface area contributed by atoms with Gasteiger partial charge in [-0.05, 0) is 52.0 Å². The summed E-state index contributed by atoms with van der Waals surface area (Å²) in [5.74, 6) is 0. The van der Waals surface area contributed by atoms with E-state index in [0.717, 1.165) is 6.54 Å². The first-order chi connectivity index (χ1) is 7.77. The van der Waals surface area contributed by atoms with Gasteiger partial charge in [-0.25, -0.2) is 0 Å². The van der Waals surface area contributed by atoms with Crippen LogP contribution in [0.15, 0.2) is 40.4 Å². The lowest BCUT2D eigenvalue weighted by Crippen LogP contribution is -2.17. The number of hydrogen-bond acceptors (Lipinski definition) is 3. The summed E-state index contributed by atoms with van der Waals surface area (Å²) >= 11 is 5.30. The number of halogens is 1. The molecule has 0 spiro atoms. The van der Waals surface area contributed by atoms with E-state index in [-0.39, 0.29) is 0 Å². The van der Waals surface area contributed by atoms with Crippen LogP contribution in [-0.4, -0.2) is 4.98 Å². The van der Waals surface area contributed by atoms with Crippen molar-refractivity contribution in [2.75, 3.05) is 0 Å². The van der Waals surface area contributed by atoms with Crippen molar-refractivity contribution in [3.63, 3.8) is 0 Å². The minimum Gasteiger partial charge on any atom is -0.305 e. The van der Waals surface area contributed by atoms with E-state index >= 15 is 0 Å². The second-order valence-corrected chi connectivity index (χ2v) is 5.43. The van der Waals surface area contributed by atoms with Crippen LogP contribution in [0.2, 0.25) is 0 Å². The SMILES string of the molecule is C[C@@H](NCc1sccc1Br)c1ccncc1. The first-order valence-corrected chi connectivity index (χ1v) is 6.80. The predicted molar refractivity (Wildman–Crippen MR) is 71.5 cm³/mol. The maximum atomic E-state index is 4.02. The summed E-state index contributed by atoms with van der Waals surface area (Å²) in [5.41, 5.74) is 1.27. The molecule has 1 atom stereocenters. The average Bonchev–Trinajstić information content (AvgIpc) is 2.73. The van der Waals surface area contributed by atoms with Crippen LogP contribution in [0.4, 0.5) is 0 Å². The van der Waals surface area contributed by atoms with Crippen molar-refractivity contribution in [3.8, 4) is 0 Å². The highest BCUT2D eigenvalue weighted by Gasteiger charge is 2.06. The summed E-state index contributed by atoms with van der Waals surface area (Å²) in [4.78, 5) is 5.35. The number of nitrogens with zero attached hydrogens (tertiary/aromatic N) is 1. The molecule has 0 unspecified atom stereocenters. The van der Waals surface area contributed by atoms with E-state index in [0.29, 0.717) is 6.04 Å². The molecular formula is C12H13BrN2S. The second kappa shape index (κ2) is 5.57. The summed E-state index contributed by atoms with van der Waals surface area (Å²) in [5, 5.41) is 5.59. The fourth-order valence-electron chi connectivity index (χ4n) is 1.47. The van der Waals surface area contributed by atoms with Crippen LogP contribution < -0.4 is 5.32 Å². The van der Waals surface area contributed by atoms with E-state index in [1.165, 1.54) is 14.9 Å². The number of pyridine rings is 1.